The van der Waals surface area contributed by atoms with Crippen LogP contribution < -0.4 is 0 Å². The van der Waals surface area contributed by atoms with Gasteiger partial charge in [-0.2, -0.15) is 0 Å². The third-order valence-electron chi connectivity index (χ3n) is 2.99. The van der Waals surface area contributed by atoms with Gasteiger partial charge in [0.2, 0.25) is 0 Å². The molecule has 0 aliphatic heterocycles. The van der Waals surface area contributed by atoms with Crippen LogP contribution in [0.2, 0.25) is 0 Å². The lowest BCUT2D eigenvalue weighted by Gasteiger charge is -2.35. The lowest BCUT2D eigenvalue weighted by molar-refractivity contribution is -0.149. The SMILES string of the molecule is CC(c1ccc(Br)s1)N(C)C(C)(C)C(=O)O. The largest absolute Gasteiger partial charge is 0.480 e. The number of hydrogen-bond donors (Lipinski definition) is 1. The topological polar surface area (TPSA) is 40.5 Å². The van der Waals surface area contributed by atoms with E-state index >= 15 is 0 Å². The molecule has 0 aromatic carbocycles. The summed E-state index contributed by atoms with van der Waals surface area (Å²) >= 11 is 5.05. The first-order valence-corrected chi connectivity index (χ1v) is 6.59. The second-order valence-electron chi connectivity index (χ2n) is 4.29. The Morgan fingerprint density at radius 1 is 1.56 bits per heavy atom. The van der Waals surface area contributed by atoms with Gasteiger partial charge in [0, 0.05) is 10.9 Å². The van der Waals surface area contributed by atoms with Crippen LogP contribution in [0.1, 0.15) is 31.7 Å². The first kappa shape index (κ1) is 13.7. The average Bonchev–Trinajstić information content (AvgIpc) is 2.62. The van der Waals surface area contributed by atoms with Gasteiger partial charge in [-0.15, -0.1) is 11.3 Å². The van der Waals surface area contributed by atoms with E-state index in [4.69, 9.17) is 5.11 Å². The van der Waals surface area contributed by atoms with E-state index in [-0.39, 0.29) is 6.04 Å². The minimum atomic E-state index is -0.865. The molecule has 0 radical (unpaired) electrons. The Hall–Kier alpha value is -0.390. The van der Waals surface area contributed by atoms with Crippen molar-refractivity contribution >= 4 is 33.2 Å². The van der Waals surface area contributed by atoms with Crippen LogP contribution in [0, 0.1) is 0 Å². The normalized spacial score (nSPS) is 14.1. The quantitative estimate of drug-likeness (QED) is 0.927. The first-order valence-electron chi connectivity index (χ1n) is 4.98. The van der Waals surface area contributed by atoms with E-state index in [0.717, 1.165) is 8.66 Å². The lowest BCUT2D eigenvalue weighted by Crippen LogP contribution is -2.48. The number of aliphatic carboxylic acids is 1. The minimum Gasteiger partial charge on any atom is -0.480 e. The van der Waals surface area contributed by atoms with Crippen LogP contribution in [0.25, 0.3) is 0 Å². The van der Waals surface area contributed by atoms with Gasteiger partial charge in [0.25, 0.3) is 0 Å². The van der Waals surface area contributed by atoms with Crippen LogP contribution in [0.5, 0.6) is 0 Å². The second-order valence-corrected chi connectivity index (χ2v) is 6.79. The van der Waals surface area contributed by atoms with E-state index in [9.17, 15) is 4.79 Å². The third-order valence-corrected chi connectivity index (χ3v) is 4.79. The Morgan fingerprint density at radius 3 is 2.50 bits per heavy atom. The van der Waals surface area contributed by atoms with E-state index in [1.54, 1.807) is 25.2 Å². The van der Waals surface area contributed by atoms with Gasteiger partial charge in [0.1, 0.15) is 5.54 Å². The van der Waals surface area contributed by atoms with Gasteiger partial charge in [-0.1, -0.05) is 0 Å². The number of rotatable bonds is 4. The fourth-order valence-corrected chi connectivity index (χ4v) is 2.90. The highest BCUT2D eigenvalue weighted by Crippen LogP contribution is 2.33. The summed E-state index contributed by atoms with van der Waals surface area (Å²) in [5.41, 5.74) is -0.865. The number of carboxylic acids is 1. The molecule has 0 aliphatic carbocycles. The summed E-state index contributed by atoms with van der Waals surface area (Å²) in [5, 5.41) is 9.17. The van der Waals surface area contributed by atoms with Crippen molar-refractivity contribution in [2.45, 2.75) is 32.4 Å². The maximum Gasteiger partial charge on any atom is 0.323 e. The Bertz CT molecular complexity index is 389. The molecule has 1 aromatic rings. The van der Waals surface area contributed by atoms with Crippen molar-refractivity contribution in [2.75, 3.05) is 7.05 Å². The highest BCUT2D eigenvalue weighted by Gasteiger charge is 2.35. The Morgan fingerprint density at radius 2 is 2.12 bits per heavy atom. The first-order chi connectivity index (χ1) is 7.26. The predicted molar refractivity (Wildman–Crippen MR) is 69.9 cm³/mol. The van der Waals surface area contributed by atoms with Gasteiger partial charge in [-0.3, -0.25) is 9.69 Å². The van der Waals surface area contributed by atoms with Gasteiger partial charge >= 0.3 is 5.97 Å². The molecule has 16 heavy (non-hydrogen) atoms. The minimum absolute atomic E-state index is 0.0856. The fraction of sp³-hybridized carbons (Fsp3) is 0.545. The zero-order valence-corrected chi connectivity index (χ0v) is 12.2. The molecule has 0 aliphatic rings. The van der Waals surface area contributed by atoms with Gasteiger partial charge in [0.05, 0.1) is 3.79 Å². The van der Waals surface area contributed by atoms with Crippen molar-refractivity contribution in [3.63, 3.8) is 0 Å². The van der Waals surface area contributed by atoms with Crippen LogP contribution in [0.4, 0.5) is 0 Å². The summed E-state index contributed by atoms with van der Waals surface area (Å²) in [7, 11) is 1.84. The van der Waals surface area contributed by atoms with Crippen molar-refractivity contribution in [1.29, 1.82) is 0 Å². The molecule has 1 unspecified atom stereocenters. The van der Waals surface area contributed by atoms with Crippen LogP contribution >= 0.6 is 27.3 Å². The van der Waals surface area contributed by atoms with E-state index < -0.39 is 11.5 Å². The summed E-state index contributed by atoms with van der Waals surface area (Å²) in [5.74, 6) is -0.808. The zero-order valence-electron chi connectivity index (χ0n) is 9.82. The maximum absolute atomic E-state index is 11.2. The molecule has 90 valence electrons. The molecular formula is C11H16BrNO2S. The van der Waals surface area contributed by atoms with Crippen molar-refractivity contribution in [3.05, 3.63) is 20.8 Å². The number of carbonyl (C=O) groups is 1. The second kappa shape index (κ2) is 4.85. The molecule has 0 amide bonds. The fourth-order valence-electron chi connectivity index (χ4n) is 1.38. The number of halogens is 1. The molecule has 0 saturated heterocycles. The van der Waals surface area contributed by atoms with Crippen LogP contribution in [-0.4, -0.2) is 28.6 Å². The Balaban J connectivity index is 2.90. The molecule has 0 saturated carbocycles. The molecule has 0 fully saturated rings. The molecule has 5 heteroatoms. The van der Waals surface area contributed by atoms with Crippen LogP contribution in [0.3, 0.4) is 0 Å². The number of nitrogens with zero attached hydrogens (tertiary/aromatic N) is 1. The number of carboxylic acid groups (broad SMARTS) is 1. The molecule has 1 rings (SSSR count). The van der Waals surface area contributed by atoms with Gasteiger partial charge in [-0.05, 0) is 55.9 Å². The summed E-state index contributed by atoms with van der Waals surface area (Å²) < 4.78 is 1.07. The molecule has 1 atom stereocenters. The van der Waals surface area contributed by atoms with E-state index in [0.29, 0.717) is 0 Å². The maximum atomic E-state index is 11.2. The van der Waals surface area contributed by atoms with E-state index in [2.05, 4.69) is 15.9 Å². The summed E-state index contributed by atoms with van der Waals surface area (Å²) in [6.45, 7) is 5.45. The Kier molecular flexibility index (Phi) is 4.15. The monoisotopic (exact) mass is 305 g/mol. The predicted octanol–water partition coefficient (Wildman–Crippen LogP) is 3.37. The Labute approximate surface area is 108 Å². The molecule has 0 bridgehead atoms. The number of likely N-dealkylation sites (N-methyl/N-ethyl adjacent to an activating group) is 1. The summed E-state index contributed by atoms with van der Waals surface area (Å²) in [6.07, 6.45) is 0. The zero-order chi connectivity index (χ0) is 12.5. The summed E-state index contributed by atoms with van der Waals surface area (Å²) in [6, 6.07) is 4.09. The highest BCUT2D eigenvalue weighted by atomic mass is 79.9. The van der Waals surface area contributed by atoms with Crippen molar-refractivity contribution in [3.8, 4) is 0 Å². The standard InChI is InChI=1S/C11H16BrNO2S/c1-7(8-5-6-9(12)16-8)13(4)11(2,3)10(14)15/h5-7H,1-4H3,(H,14,15). The molecule has 3 nitrogen and oxygen atoms in total. The van der Waals surface area contributed by atoms with Crippen molar-refractivity contribution in [2.24, 2.45) is 0 Å². The summed E-state index contributed by atoms with van der Waals surface area (Å²) in [4.78, 5) is 14.2. The molecule has 1 aromatic heterocycles. The van der Waals surface area contributed by atoms with E-state index in [1.165, 1.54) is 0 Å². The third kappa shape index (κ3) is 2.64. The number of hydrogen-bond acceptors (Lipinski definition) is 3. The lowest BCUT2D eigenvalue weighted by atomic mass is 10.0. The molecule has 1 N–H and O–H groups in total. The van der Waals surface area contributed by atoms with Gasteiger partial charge in [0.15, 0.2) is 0 Å². The molecule has 0 spiro atoms. The van der Waals surface area contributed by atoms with Gasteiger partial charge < -0.3 is 5.11 Å². The van der Waals surface area contributed by atoms with Gasteiger partial charge in [-0.25, -0.2) is 0 Å². The average molecular weight is 306 g/mol. The van der Waals surface area contributed by atoms with Crippen LogP contribution in [-0.2, 0) is 4.79 Å². The highest BCUT2D eigenvalue weighted by molar-refractivity contribution is 9.11. The van der Waals surface area contributed by atoms with Crippen LogP contribution in [0.15, 0.2) is 15.9 Å². The molecular weight excluding hydrogens is 290 g/mol. The number of thiophene rings is 1. The van der Waals surface area contributed by atoms with Crippen molar-refractivity contribution < 1.29 is 9.90 Å². The smallest absolute Gasteiger partial charge is 0.323 e. The molecule has 1 heterocycles. The van der Waals surface area contributed by atoms with E-state index in [1.807, 2.05) is 31.0 Å². The van der Waals surface area contributed by atoms with Crippen molar-refractivity contribution in [1.82, 2.24) is 4.90 Å².